The normalized spacial score (nSPS) is 23.5. The minimum atomic E-state index is 0.102. The summed E-state index contributed by atoms with van der Waals surface area (Å²) in [7, 11) is 2.06. The number of rotatable bonds is 7. The van der Waals surface area contributed by atoms with Gasteiger partial charge in [-0.05, 0) is 49.1 Å². The van der Waals surface area contributed by atoms with Crippen LogP contribution in [-0.2, 0) is 17.8 Å². The highest BCUT2D eigenvalue weighted by Gasteiger charge is 2.49. The molecule has 2 aliphatic rings. The molecule has 1 aromatic heterocycles. The number of nitrogens with zero attached hydrogens (tertiary/aromatic N) is 2. The molecule has 2 atom stereocenters. The first-order valence-electron chi connectivity index (χ1n) is 9.94. The van der Waals surface area contributed by atoms with Gasteiger partial charge < -0.3 is 14.7 Å². The second-order valence-corrected chi connectivity index (χ2v) is 8.77. The van der Waals surface area contributed by atoms with E-state index in [0.29, 0.717) is 12.5 Å². The van der Waals surface area contributed by atoms with Gasteiger partial charge in [-0.15, -0.1) is 0 Å². The Morgan fingerprint density at radius 1 is 1.30 bits per heavy atom. The Hall–Kier alpha value is -2.30. The third-order valence-electron chi connectivity index (χ3n) is 6.39. The largest absolute Gasteiger partial charge is 0.367 e. The summed E-state index contributed by atoms with van der Waals surface area (Å²) >= 11 is 0. The van der Waals surface area contributed by atoms with Gasteiger partial charge in [0.1, 0.15) is 0 Å². The maximum Gasteiger partial charge on any atom is 0.223 e. The van der Waals surface area contributed by atoms with Crippen molar-refractivity contribution in [2.45, 2.75) is 52.1 Å². The molecule has 0 saturated heterocycles. The Morgan fingerprint density at radius 3 is 2.70 bits per heavy atom. The van der Waals surface area contributed by atoms with Crippen LogP contribution in [0.25, 0.3) is 0 Å². The van der Waals surface area contributed by atoms with Crippen LogP contribution < -0.4 is 10.2 Å². The monoisotopic (exact) mass is 367 g/mol. The highest BCUT2D eigenvalue weighted by molar-refractivity contribution is 5.81. The van der Waals surface area contributed by atoms with Gasteiger partial charge in [0.05, 0.1) is 12.2 Å². The first kappa shape index (κ1) is 18.1. The van der Waals surface area contributed by atoms with Crippen LogP contribution in [0, 0.1) is 17.3 Å². The first-order chi connectivity index (χ1) is 12.9. The number of hydrogen-bond donors (Lipinski definition) is 1. The Bertz CT molecular complexity index is 795. The smallest absolute Gasteiger partial charge is 0.223 e. The van der Waals surface area contributed by atoms with Crippen molar-refractivity contribution in [1.82, 2.24) is 10.5 Å². The quantitative estimate of drug-likeness (QED) is 0.809. The molecule has 27 heavy (non-hydrogen) atoms. The van der Waals surface area contributed by atoms with Gasteiger partial charge >= 0.3 is 0 Å². The van der Waals surface area contributed by atoms with E-state index >= 15 is 0 Å². The molecule has 1 aromatic carbocycles. The maximum atomic E-state index is 12.0. The van der Waals surface area contributed by atoms with E-state index in [4.69, 9.17) is 4.52 Å². The molecule has 2 saturated carbocycles. The number of hydrogen-bond acceptors (Lipinski definition) is 4. The van der Waals surface area contributed by atoms with E-state index in [9.17, 15) is 4.79 Å². The molecule has 1 N–H and O–H groups in total. The Morgan fingerprint density at radius 2 is 2.04 bits per heavy atom. The average molecular weight is 367 g/mol. The summed E-state index contributed by atoms with van der Waals surface area (Å²) in [6.07, 6.45) is 4.04. The van der Waals surface area contributed by atoms with Gasteiger partial charge in [0.15, 0.2) is 5.76 Å². The summed E-state index contributed by atoms with van der Waals surface area (Å²) < 4.78 is 5.56. The topological polar surface area (TPSA) is 58.4 Å². The summed E-state index contributed by atoms with van der Waals surface area (Å²) in [5.41, 5.74) is 2.27. The highest BCUT2D eigenvalue weighted by Crippen LogP contribution is 2.48. The zero-order valence-electron chi connectivity index (χ0n) is 16.4. The molecule has 0 unspecified atom stereocenters. The predicted octanol–water partition coefficient (Wildman–Crippen LogP) is 3.79. The van der Waals surface area contributed by atoms with Crippen molar-refractivity contribution >= 4 is 11.6 Å². The molecule has 0 radical (unpaired) electrons. The number of aromatic nitrogens is 1. The van der Waals surface area contributed by atoms with E-state index in [1.807, 2.05) is 18.2 Å². The number of para-hydroxylation sites is 1. The van der Waals surface area contributed by atoms with Crippen LogP contribution in [0.4, 0.5) is 5.69 Å². The van der Waals surface area contributed by atoms with E-state index in [2.05, 4.69) is 54.5 Å². The van der Waals surface area contributed by atoms with E-state index in [1.54, 1.807) is 0 Å². The van der Waals surface area contributed by atoms with E-state index in [-0.39, 0.29) is 23.3 Å². The summed E-state index contributed by atoms with van der Waals surface area (Å²) in [6.45, 7) is 5.21. The lowest BCUT2D eigenvalue weighted by molar-refractivity contribution is -0.126. The molecule has 0 bridgehead atoms. The zero-order valence-corrected chi connectivity index (χ0v) is 16.4. The van der Waals surface area contributed by atoms with Gasteiger partial charge in [-0.2, -0.15) is 0 Å². The van der Waals surface area contributed by atoms with Gasteiger partial charge in [0.25, 0.3) is 0 Å². The Balaban J connectivity index is 1.31. The minimum absolute atomic E-state index is 0.102. The van der Waals surface area contributed by atoms with Crippen LogP contribution in [0.5, 0.6) is 0 Å². The summed E-state index contributed by atoms with van der Waals surface area (Å²) in [5.74, 6) is 1.93. The lowest BCUT2D eigenvalue weighted by atomic mass is 9.57. The van der Waals surface area contributed by atoms with Gasteiger partial charge in [0.2, 0.25) is 5.91 Å². The summed E-state index contributed by atoms with van der Waals surface area (Å²) in [6, 6.07) is 12.6. The molecule has 4 rings (SSSR count). The lowest BCUT2D eigenvalue weighted by Crippen LogP contribution is -2.59. The van der Waals surface area contributed by atoms with Crippen molar-refractivity contribution in [2.24, 2.45) is 17.3 Å². The van der Waals surface area contributed by atoms with Crippen molar-refractivity contribution in [1.29, 1.82) is 0 Å². The molecule has 0 aliphatic heterocycles. The van der Waals surface area contributed by atoms with E-state index in [0.717, 1.165) is 42.8 Å². The molecule has 2 fully saturated rings. The lowest BCUT2D eigenvalue weighted by Gasteiger charge is -2.52. The molecule has 2 aliphatic carbocycles. The molecule has 2 aromatic rings. The fourth-order valence-corrected chi connectivity index (χ4v) is 4.03. The van der Waals surface area contributed by atoms with Gasteiger partial charge in [0, 0.05) is 30.8 Å². The molecular weight excluding hydrogens is 338 g/mol. The Kier molecular flexibility index (Phi) is 4.70. The molecule has 144 valence electrons. The second-order valence-electron chi connectivity index (χ2n) is 8.77. The van der Waals surface area contributed by atoms with Gasteiger partial charge in [-0.1, -0.05) is 37.2 Å². The van der Waals surface area contributed by atoms with Gasteiger partial charge in [-0.25, -0.2) is 0 Å². The number of nitrogens with one attached hydrogen (secondary N) is 1. The fourth-order valence-electron chi connectivity index (χ4n) is 4.03. The number of benzene rings is 1. The molecule has 5 nitrogen and oxygen atoms in total. The summed E-state index contributed by atoms with van der Waals surface area (Å²) in [5, 5.41) is 7.53. The minimum Gasteiger partial charge on any atom is -0.367 e. The van der Waals surface area contributed by atoms with Crippen LogP contribution in [0.1, 0.15) is 44.6 Å². The van der Waals surface area contributed by atoms with Crippen LogP contribution in [0.2, 0.25) is 0 Å². The molecule has 5 heteroatoms. The molecule has 0 spiro atoms. The first-order valence-corrected chi connectivity index (χ1v) is 9.94. The standard InChI is InChI=1S/C22H29N3O2/c1-22(2)16(12-20(22)23-21(26)15-9-10-15)11-17-13-19(27-24-17)14-25(3)18-7-5-4-6-8-18/h4-8,13,15-16,20H,9-12,14H2,1-3H3,(H,23,26)/t16-,20+/m1/s1. The highest BCUT2D eigenvalue weighted by atomic mass is 16.5. The van der Waals surface area contributed by atoms with E-state index in [1.165, 1.54) is 0 Å². The number of carbonyl (C=O) groups excluding carboxylic acids is 1. The molecular formula is C22H29N3O2. The van der Waals surface area contributed by atoms with Crippen LogP contribution in [-0.4, -0.2) is 24.2 Å². The van der Waals surface area contributed by atoms with Crippen molar-refractivity contribution < 1.29 is 9.32 Å². The summed E-state index contributed by atoms with van der Waals surface area (Å²) in [4.78, 5) is 14.2. The van der Waals surface area contributed by atoms with Crippen LogP contribution in [0.15, 0.2) is 40.9 Å². The predicted molar refractivity (Wildman–Crippen MR) is 105 cm³/mol. The van der Waals surface area contributed by atoms with Crippen molar-refractivity contribution in [3.63, 3.8) is 0 Å². The van der Waals surface area contributed by atoms with Crippen LogP contribution >= 0.6 is 0 Å². The second kappa shape index (κ2) is 7.02. The number of amides is 1. The van der Waals surface area contributed by atoms with Crippen molar-refractivity contribution in [3.8, 4) is 0 Å². The number of carbonyl (C=O) groups is 1. The van der Waals surface area contributed by atoms with Gasteiger partial charge in [-0.3, -0.25) is 4.79 Å². The van der Waals surface area contributed by atoms with Crippen molar-refractivity contribution in [3.05, 3.63) is 47.9 Å². The average Bonchev–Trinajstić information content (AvgIpc) is 3.42. The molecule has 1 amide bonds. The van der Waals surface area contributed by atoms with Crippen LogP contribution in [0.3, 0.4) is 0 Å². The number of anilines is 1. The SMILES string of the molecule is CN(Cc1cc(C[C@@H]2C[C@H](NC(=O)C3CC3)C2(C)C)no1)c1ccccc1. The third-order valence-corrected chi connectivity index (χ3v) is 6.39. The zero-order chi connectivity index (χ0) is 19.0. The van der Waals surface area contributed by atoms with Crippen molar-refractivity contribution in [2.75, 3.05) is 11.9 Å². The fraction of sp³-hybridized carbons (Fsp3) is 0.545. The molecule has 1 heterocycles. The Labute approximate surface area is 161 Å². The maximum absolute atomic E-state index is 12.0. The van der Waals surface area contributed by atoms with E-state index < -0.39 is 0 Å². The third kappa shape index (κ3) is 3.87.